The van der Waals surface area contributed by atoms with Crippen molar-refractivity contribution in [2.75, 3.05) is 25.0 Å². The van der Waals surface area contributed by atoms with Crippen LogP contribution in [0.5, 0.6) is 0 Å². The normalized spacial score (nSPS) is 17.2. The molecule has 3 heterocycles. The molecule has 43 heavy (non-hydrogen) atoms. The Morgan fingerprint density at radius 3 is 2.65 bits per heavy atom. The highest BCUT2D eigenvalue weighted by molar-refractivity contribution is 6.76. The lowest BCUT2D eigenvalue weighted by molar-refractivity contribution is 0.0902. The Labute approximate surface area is 262 Å². The first-order valence-corrected chi connectivity index (χ1v) is 19.1. The highest BCUT2D eigenvalue weighted by atomic mass is 35.5. The molecule has 1 saturated heterocycles. The summed E-state index contributed by atoms with van der Waals surface area (Å²) in [6.45, 7) is 25.4. The molecule has 0 aliphatic carbocycles. The summed E-state index contributed by atoms with van der Waals surface area (Å²) in [7, 11) is -1.21. The summed E-state index contributed by atoms with van der Waals surface area (Å²) in [5, 5.41) is 5.13. The summed E-state index contributed by atoms with van der Waals surface area (Å²) in [5.74, 6) is 0.573. The van der Waals surface area contributed by atoms with Crippen molar-refractivity contribution in [1.29, 1.82) is 0 Å². The second-order valence-electron chi connectivity index (χ2n) is 13.8. The number of hydrogen-bond acceptors (Lipinski definition) is 5. The number of aryl methyl sites for hydroxylation is 1. The molecule has 0 unspecified atom stereocenters. The topological polar surface area (TPSA) is 59.6 Å². The van der Waals surface area contributed by atoms with Crippen LogP contribution in [0, 0.1) is 18.9 Å². The number of hydrogen-bond donors (Lipinski definition) is 1. The van der Waals surface area contributed by atoms with E-state index in [4.69, 9.17) is 27.9 Å². The molecule has 1 atom stereocenters. The van der Waals surface area contributed by atoms with Gasteiger partial charge < -0.3 is 14.6 Å². The molecule has 5 rings (SSSR count). The number of anilines is 1. The van der Waals surface area contributed by atoms with Crippen LogP contribution in [-0.2, 0) is 18.0 Å². The molecule has 0 radical (unpaired) electrons. The van der Waals surface area contributed by atoms with Gasteiger partial charge in [0.25, 0.3) is 0 Å². The molecule has 1 aliphatic rings. The zero-order valence-electron chi connectivity index (χ0n) is 26.2. The molecule has 1 N–H and O–H groups in total. The fourth-order valence-corrected chi connectivity index (χ4v) is 7.11. The largest absolute Gasteiger partial charge is 0.361 e. The first kappa shape index (κ1) is 31.2. The lowest BCUT2D eigenvalue weighted by Crippen LogP contribution is -2.49. The molecule has 1 aliphatic heterocycles. The predicted octanol–water partition coefficient (Wildman–Crippen LogP) is 8.64. The number of halogens is 1. The first-order valence-electron chi connectivity index (χ1n) is 15.1. The molecule has 0 saturated carbocycles. The van der Waals surface area contributed by atoms with Crippen molar-refractivity contribution in [3.05, 3.63) is 82.4 Å². The third-order valence-corrected chi connectivity index (χ3v) is 10.1. The maximum absolute atomic E-state index is 7.66. The zero-order valence-corrected chi connectivity index (χ0v) is 28.0. The Morgan fingerprint density at radius 2 is 1.93 bits per heavy atom. The Kier molecular flexibility index (Phi) is 9.28. The van der Waals surface area contributed by atoms with Crippen LogP contribution in [0.3, 0.4) is 0 Å². The van der Waals surface area contributed by atoms with Crippen LogP contribution < -0.4 is 5.32 Å². The fourth-order valence-electron chi connectivity index (χ4n) is 6.16. The van der Waals surface area contributed by atoms with Gasteiger partial charge in [-0.25, -0.2) is 14.8 Å². The Hall–Kier alpha value is -3.22. The van der Waals surface area contributed by atoms with E-state index < -0.39 is 8.07 Å². The number of rotatable bonds is 10. The van der Waals surface area contributed by atoms with Crippen LogP contribution in [0.4, 0.5) is 11.6 Å². The molecule has 1 fully saturated rings. The second-order valence-corrected chi connectivity index (χ2v) is 19.9. The molecule has 2 aromatic heterocycles. The lowest BCUT2D eigenvalue weighted by atomic mass is 9.81. The van der Waals surface area contributed by atoms with E-state index in [0.717, 1.165) is 54.1 Å². The first-order chi connectivity index (χ1) is 20.4. The van der Waals surface area contributed by atoms with Gasteiger partial charge in [0.2, 0.25) is 5.95 Å². The van der Waals surface area contributed by atoms with Gasteiger partial charge in [0.15, 0.2) is 5.69 Å². The van der Waals surface area contributed by atoms with E-state index >= 15 is 0 Å². The van der Waals surface area contributed by atoms with E-state index in [1.807, 2.05) is 19.1 Å². The SMILES string of the molecule is [C-]#[N+]c1ccc2c(-c3nc(N[C@@H]4CN(Cc5ccccc5)CC(C)(C)C4)ncc3Cl)cn(COCC[Si](C)(C)C)c2c1C. The maximum Gasteiger partial charge on any atom is 0.223 e. The minimum absolute atomic E-state index is 0.154. The summed E-state index contributed by atoms with van der Waals surface area (Å²) >= 11 is 6.77. The van der Waals surface area contributed by atoms with E-state index in [2.05, 4.69) is 94.6 Å². The molecule has 0 bridgehead atoms. The number of fused-ring (bicyclic) bond motifs is 1. The van der Waals surface area contributed by atoms with Gasteiger partial charge in [-0.15, -0.1) is 0 Å². The number of likely N-dealkylation sites (tertiary alicyclic amines) is 1. The van der Waals surface area contributed by atoms with Crippen LogP contribution in [-0.4, -0.2) is 53.2 Å². The van der Waals surface area contributed by atoms with Crippen LogP contribution in [0.1, 0.15) is 31.4 Å². The van der Waals surface area contributed by atoms with Crippen molar-refractivity contribution < 1.29 is 4.74 Å². The van der Waals surface area contributed by atoms with Crippen molar-refractivity contribution in [2.45, 2.75) is 72.2 Å². The quantitative estimate of drug-likeness (QED) is 0.110. The number of nitrogens with one attached hydrogen (secondary N) is 1. The van der Waals surface area contributed by atoms with Gasteiger partial charge in [0.05, 0.1) is 23.5 Å². The highest BCUT2D eigenvalue weighted by Gasteiger charge is 2.33. The summed E-state index contributed by atoms with van der Waals surface area (Å²) in [6.07, 6.45) is 4.77. The summed E-state index contributed by atoms with van der Waals surface area (Å²) in [4.78, 5) is 15.8. The van der Waals surface area contributed by atoms with Gasteiger partial charge in [-0.2, -0.15) is 0 Å². The molecular formula is C34H43ClN6OSi. The van der Waals surface area contributed by atoms with E-state index in [1.165, 1.54) is 5.56 Å². The minimum atomic E-state index is -1.21. The minimum Gasteiger partial charge on any atom is -0.361 e. The molecule has 9 heteroatoms. The van der Waals surface area contributed by atoms with Crippen molar-refractivity contribution in [1.82, 2.24) is 19.4 Å². The average molecular weight is 615 g/mol. The molecule has 2 aromatic carbocycles. The average Bonchev–Trinajstić information content (AvgIpc) is 3.30. The summed E-state index contributed by atoms with van der Waals surface area (Å²) in [6, 6.07) is 15.8. The Bertz CT molecular complexity index is 1620. The fraction of sp³-hybridized carbons (Fsp3) is 0.441. The van der Waals surface area contributed by atoms with Crippen LogP contribution in [0.2, 0.25) is 30.7 Å². The smallest absolute Gasteiger partial charge is 0.223 e. The molecule has 4 aromatic rings. The van der Waals surface area contributed by atoms with Gasteiger partial charge in [0.1, 0.15) is 6.73 Å². The van der Waals surface area contributed by atoms with Crippen molar-refractivity contribution in [3.63, 3.8) is 0 Å². The van der Waals surface area contributed by atoms with E-state index in [9.17, 15) is 0 Å². The van der Waals surface area contributed by atoms with Crippen molar-refractivity contribution >= 4 is 42.2 Å². The number of nitrogens with zero attached hydrogens (tertiary/aromatic N) is 5. The van der Waals surface area contributed by atoms with Crippen molar-refractivity contribution in [3.8, 4) is 11.3 Å². The molecule has 226 valence electrons. The zero-order chi connectivity index (χ0) is 30.8. The third kappa shape index (κ3) is 7.65. The molecule has 0 spiro atoms. The van der Waals surface area contributed by atoms with Gasteiger partial charge in [-0.1, -0.05) is 87.6 Å². The maximum atomic E-state index is 7.66. The van der Waals surface area contributed by atoms with Crippen molar-refractivity contribution in [2.24, 2.45) is 5.41 Å². The van der Waals surface area contributed by atoms with Crippen LogP contribution >= 0.6 is 11.6 Å². The molecule has 0 amide bonds. The highest BCUT2D eigenvalue weighted by Crippen LogP contribution is 2.38. The van der Waals surface area contributed by atoms with Crippen LogP contribution in [0.25, 0.3) is 27.0 Å². The predicted molar refractivity (Wildman–Crippen MR) is 181 cm³/mol. The number of ether oxygens (including phenoxy) is 1. The van der Waals surface area contributed by atoms with Gasteiger partial charge in [-0.05, 0) is 35.9 Å². The third-order valence-electron chi connectivity index (χ3n) is 8.12. The van der Waals surface area contributed by atoms with Gasteiger partial charge >= 0.3 is 0 Å². The standard InChI is InChI=1S/C34H43ClN6OSi/c1-24-30(36-4)14-13-27-28(21-41(32(24)27)23-42-15-16-43(5,6)7)31-29(35)18-37-33(39-31)38-26-17-34(2,3)22-40(20-26)19-25-11-9-8-10-12-25/h8-14,18,21,26H,15-17,19-20,22-23H2,1-3,5-7H3,(H,37,38,39)/t26-/m0/s1. The van der Waals surface area contributed by atoms with Gasteiger partial charge in [0, 0.05) is 63.0 Å². The van der Waals surface area contributed by atoms with E-state index in [1.54, 1.807) is 6.20 Å². The summed E-state index contributed by atoms with van der Waals surface area (Å²) in [5.41, 5.74) is 5.61. The van der Waals surface area contributed by atoms with E-state index in [-0.39, 0.29) is 11.5 Å². The monoisotopic (exact) mass is 614 g/mol. The number of piperidine rings is 1. The van der Waals surface area contributed by atoms with Crippen LogP contribution in [0.15, 0.2) is 54.9 Å². The summed E-state index contributed by atoms with van der Waals surface area (Å²) < 4.78 is 8.24. The Morgan fingerprint density at radius 1 is 1.16 bits per heavy atom. The lowest BCUT2D eigenvalue weighted by Gasteiger charge is -2.42. The van der Waals surface area contributed by atoms with E-state index in [0.29, 0.717) is 35.7 Å². The second kappa shape index (κ2) is 12.8. The number of aromatic nitrogens is 3. The molecule has 7 nitrogen and oxygen atoms in total. The molecular weight excluding hydrogens is 572 g/mol. The van der Waals surface area contributed by atoms with Gasteiger partial charge in [-0.3, -0.25) is 4.90 Å². The number of benzene rings is 2. The Balaban J connectivity index is 1.42.